The van der Waals surface area contributed by atoms with Crippen LogP contribution in [0, 0.1) is 5.92 Å². The zero-order chi connectivity index (χ0) is 16.9. The molecule has 6 nitrogen and oxygen atoms in total. The number of likely N-dealkylation sites (tertiary alicyclic amines) is 1. The number of nitrogens with one attached hydrogen (secondary N) is 1. The van der Waals surface area contributed by atoms with Crippen LogP contribution in [0.1, 0.15) is 46.4 Å². The lowest BCUT2D eigenvalue weighted by molar-refractivity contribution is 0.0691. The van der Waals surface area contributed by atoms with Gasteiger partial charge in [-0.1, -0.05) is 6.92 Å². The van der Waals surface area contributed by atoms with Gasteiger partial charge in [-0.2, -0.15) is 0 Å². The Morgan fingerprint density at radius 3 is 2.83 bits per heavy atom. The molecule has 2 amide bonds. The monoisotopic (exact) mass is 327 g/mol. The molecule has 0 saturated carbocycles. The maximum atomic E-state index is 12.5. The molecule has 0 bridgehead atoms. The molecule has 0 atom stereocenters. The highest BCUT2D eigenvalue weighted by Crippen LogP contribution is 2.18. The average Bonchev–Trinajstić information content (AvgIpc) is 3.13. The maximum Gasteiger partial charge on any atom is 0.272 e. The van der Waals surface area contributed by atoms with E-state index >= 15 is 0 Å². The molecule has 0 aliphatic carbocycles. The first-order valence-corrected chi connectivity index (χ1v) is 8.19. The fourth-order valence-corrected chi connectivity index (χ4v) is 2.75. The number of piperidine rings is 1. The van der Waals surface area contributed by atoms with Gasteiger partial charge in [0.15, 0.2) is 0 Å². The first-order chi connectivity index (χ1) is 11.6. The number of carbonyl (C=O) groups is 2. The first kappa shape index (κ1) is 16.2. The summed E-state index contributed by atoms with van der Waals surface area (Å²) in [6, 6.07) is 6.72. The molecule has 2 aromatic heterocycles. The lowest BCUT2D eigenvalue weighted by Gasteiger charge is -2.30. The van der Waals surface area contributed by atoms with Crippen LogP contribution in [-0.4, -0.2) is 34.8 Å². The van der Waals surface area contributed by atoms with E-state index in [1.807, 2.05) is 4.90 Å². The van der Waals surface area contributed by atoms with Crippen LogP contribution in [0.3, 0.4) is 0 Å². The summed E-state index contributed by atoms with van der Waals surface area (Å²) in [5.41, 5.74) is 0.737. The Morgan fingerprint density at radius 1 is 1.33 bits per heavy atom. The Labute approximate surface area is 140 Å². The molecule has 1 N–H and O–H groups in total. The smallest absolute Gasteiger partial charge is 0.272 e. The SMILES string of the molecule is CC1CCN(C(=O)c2cc(C(=O)NCc3ccco3)ccn2)CC1. The zero-order valence-corrected chi connectivity index (χ0v) is 13.7. The van der Waals surface area contributed by atoms with Crippen molar-refractivity contribution in [1.82, 2.24) is 15.2 Å². The first-order valence-electron chi connectivity index (χ1n) is 8.19. The molecule has 2 aromatic rings. The van der Waals surface area contributed by atoms with Crippen molar-refractivity contribution in [2.75, 3.05) is 13.1 Å². The third kappa shape index (κ3) is 3.82. The number of amides is 2. The summed E-state index contributed by atoms with van der Waals surface area (Å²) in [6.45, 7) is 4.00. The van der Waals surface area contributed by atoms with Gasteiger partial charge in [-0.25, -0.2) is 0 Å². The van der Waals surface area contributed by atoms with Crippen molar-refractivity contribution in [3.05, 3.63) is 53.7 Å². The van der Waals surface area contributed by atoms with Crippen LogP contribution in [-0.2, 0) is 6.54 Å². The van der Waals surface area contributed by atoms with Gasteiger partial charge in [-0.15, -0.1) is 0 Å². The summed E-state index contributed by atoms with van der Waals surface area (Å²) in [5, 5.41) is 2.77. The summed E-state index contributed by atoms with van der Waals surface area (Å²) < 4.78 is 5.18. The predicted octanol–water partition coefficient (Wildman–Crippen LogP) is 2.48. The van der Waals surface area contributed by atoms with Crippen LogP contribution in [0.2, 0.25) is 0 Å². The summed E-state index contributed by atoms with van der Waals surface area (Å²) in [5.74, 6) is 0.967. The lowest BCUT2D eigenvalue weighted by Crippen LogP contribution is -2.38. The molecule has 0 radical (unpaired) electrons. The zero-order valence-electron chi connectivity index (χ0n) is 13.7. The third-order valence-electron chi connectivity index (χ3n) is 4.32. The van der Waals surface area contributed by atoms with E-state index < -0.39 is 0 Å². The Morgan fingerprint density at radius 2 is 2.12 bits per heavy atom. The highest BCUT2D eigenvalue weighted by atomic mass is 16.3. The fourth-order valence-electron chi connectivity index (χ4n) is 2.75. The molecule has 3 rings (SSSR count). The van der Waals surface area contributed by atoms with Crippen LogP contribution < -0.4 is 5.32 Å². The van der Waals surface area contributed by atoms with Crippen molar-refractivity contribution in [3.8, 4) is 0 Å². The Bertz CT molecular complexity index is 704. The number of carbonyl (C=O) groups excluding carboxylic acids is 2. The normalized spacial score (nSPS) is 15.3. The van der Waals surface area contributed by atoms with E-state index in [0.29, 0.717) is 29.5 Å². The van der Waals surface area contributed by atoms with E-state index in [4.69, 9.17) is 4.42 Å². The van der Waals surface area contributed by atoms with E-state index in [1.165, 1.54) is 6.20 Å². The van der Waals surface area contributed by atoms with E-state index in [2.05, 4.69) is 17.2 Å². The number of rotatable bonds is 4. The second-order valence-corrected chi connectivity index (χ2v) is 6.17. The predicted molar refractivity (Wildman–Crippen MR) is 88.4 cm³/mol. The van der Waals surface area contributed by atoms with E-state index in [0.717, 1.165) is 25.9 Å². The van der Waals surface area contributed by atoms with Gasteiger partial charge in [0.2, 0.25) is 0 Å². The molecular weight excluding hydrogens is 306 g/mol. The lowest BCUT2D eigenvalue weighted by atomic mass is 9.99. The van der Waals surface area contributed by atoms with Crippen molar-refractivity contribution in [2.24, 2.45) is 5.92 Å². The van der Waals surface area contributed by atoms with Gasteiger partial charge in [0.05, 0.1) is 12.8 Å². The largest absolute Gasteiger partial charge is 0.467 e. The molecular formula is C18H21N3O3. The topological polar surface area (TPSA) is 75.4 Å². The summed E-state index contributed by atoms with van der Waals surface area (Å²) >= 11 is 0. The summed E-state index contributed by atoms with van der Waals surface area (Å²) in [6.07, 6.45) is 5.08. The van der Waals surface area contributed by atoms with Gasteiger partial charge in [0, 0.05) is 24.8 Å². The standard InChI is InChI=1S/C18H21N3O3/c1-13-5-8-21(9-6-13)18(23)16-11-14(4-7-19-16)17(22)20-12-15-3-2-10-24-15/h2-4,7,10-11,13H,5-6,8-9,12H2,1H3,(H,20,22). The van der Waals surface area contributed by atoms with Gasteiger partial charge in [0.25, 0.3) is 11.8 Å². The number of pyridine rings is 1. The number of hydrogen-bond acceptors (Lipinski definition) is 4. The molecule has 0 spiro atoms. The minimum atomic E-state index is -0.255. The second kappa shape index (κ2) is 7.29. The van der Waals surface area contributed by atoms with Crippen LogP contribution in [0.4, 0.5) is 0 Å². The molecule has 1 aliphatic rings. The summed E-state index contributed by atoms with van der Waals surface area (Å²) in [4.78, 5) is 30.7. The molecule has 24 heavy (non-hydrogen) atoms. The van der Waals surface area contributed by atoms with Crippen molar-refractivity contribution in [2.45, 2.75) is 26.3 Å². The molecule has 0 unspecified atom stereocenters. The maximum absolute atomic E-state index is 12.5. The molecule has 1 saturated heterocycles. The van der Waals surface area contributed by atoms with Crippen molar-refractivity contribution in [1.29, 1.82) is 0 Å². The van der Waals surface area contributed by atoms with E-state index in [9.17, 15) is 9.59 Å². The van der Waals surface area contributed by atoms with Crippen molar-refractivity contribution in [3.63, 3.8) is 0 Å². The van der Waals surface area contributed by atoms with Crippen LogP contribution in [0.5, 0.6) is 0 Å². The van der Waals surface area contributed by atoms with Crippen LogP contribution in [0.25, 0.3) is 0 Å². The van der Waals surface area contributed by atoms with Crippen LogP contribution in [0.15, 0.2) is 41.1 Å². The minimum Gasteiger partial charge on any atom is -0.467 e. The second-order valence-electron chi connectivity index (χ2n) is 6.17. The number of hydrogen-bond donors (Lipinski definition) is 1. The van der Waals surface area contributed by atoms with Gasteiger partial charge in [-0.3, -0.25) is 14.6 Å². The van der Waals surface area contributed by atoms with Gasteiger partial charge in [0.1, 0.15) is 11.5 Å². The third-order valence-corrected chi connectivity index (χ3v) is 4.32. The fraction of sp³-hybridized carbons (Fsp3) is 0.389. The average molecular weight is 327 g/mol. The number of aromatic nitrogens is 1. The molecule has 126 valence electrons. The van der Waals surface area contributed by atoms with Crippen molar-refractivity contribution >= 4 is 11.8 Å². The van der Waals surface area contributed by atoms with Gasteiger partial charge in [-0.05, 0) is 43.0 Å². The number of nitrogens with zero attached hydrogens (tertiary/aromatic N) is 2. The van der Waals surface area contributed by atoms with Gasteiger partial charge < -0.3 is 14.6 Å². The highest BCUT2D eigenvalue weighted by Gasteiger charge is 2.22. The highest BCUT2D eigenvalue weighted by molar-refractivity contribution is 5.98. The Hall–Kier alpha value is -2.63. The Balaban J connectivity index is 1.64. The Kier molecular flexibility index (Phi) is 4.93. The molecule has 3 heterocycles. The van der Waals surface area contributed by atoms with Crippen molar-refractivity contribution < 1.29 is 14.0 Å². The molecule has 1 aliphatic heterocycles. The number of furan rings is 1. The summed E-state index contributed by atoms with van der Waals surface area (Å²) in [7, 11) is 0. The molecule has 0 aromatic carbocycles. The minimum absolute atomic E-state index is 0.109. The molecule has 1 fully saturated rings. The quantitative estimate of drug-likeness (QED) is 0.936. The van der Waals surface area contributed by atoms with Crippen LogP contribution >= 0.6 is 0 Å². The van der Waals surface area contributed by atoms with E-state index in [1.54, 1.807) is 30.5 Å². The van der Waals surface area contributed by atoms with E-state index in [-0.39, 0.29) is 11.8 Å². The van der Waals surface area contributed by atoms with Gasteiger partial charge >= 0.3 is 0 Å². The molecule has 6 heteroatoms.